The third-order valence-corrected chi connectivity index (χ3v) is 4.25. The number of aromatic amines is 1. The minimum Gasteiger partial charge on any atom is -0.492 e. The topological polar surface area (TPSA) is 101 Å². The Morgan fingerprint density at radius 2 is 2.04 bits per heavy atom. The first-order valence-corrected chi connectivity index (χ1v) is 9.23. The predicted molar refractivity (Wildman–Crippen MR) is 111 cm³/mol. The van der Waals surface area contributed by atoms with E-state index in [2.05, 4.69) is 41.6 Å². The lowest BCUT2D eigenvalue weighted by Crippen LogP contribution is -2.15. The standard InChI is InChI=1S/C19H18BrN5O3/c1-3-28-15-10-12(9-14(20)17(15)27-2)11-21-24-19-22-18(26)16(23-25-19)13-7-5-4-6-8-13/h4-11H,3H2,1-2H3,(H2,22,24,25,26)/b21-11+. The van der Waals surface area contributed by atoms with E-state index < -0.39 is 0 Å². The summed E-state index contributed by atoms with van der Waals surface area (Å²) < 4.78 is 11.6. The van der Waals surface area contributed by atoms with Crippen molar-refractivity contribution in [2.75, 3.05) is 19.1 Å². The van der Waals surface area contributed by atoms with Gasteiger partial charge in [0.15, 0.2) is 17.2 Å². The molecule has 0 unspecified atom stereocenters. The van der Waals surface area contributed by atoms with Crippen LogP contribution in [0, 0.1) is 0 Å². The SMILES string of the molecule is CCOc1cc(/C=N/Nc2nnc(-c3ccccc3)c(=O)[nH]2)cc(Br)c1OC. The molecule has 144 valence electrons. The van der Waals surface area contributed by atoms with Crippen LogP contribution in [0.5, 0.6) is 11.5 Å². The molecule has 3 rings (SSSR count). The van der Waals surface area contributed by atoms with Gasteiger partial charge in [0.25, 0.3) is 5.56 Å². The molecule has 2 aromatic carbocycles. The molecule has 0 aliphatic carbocycles. The molecule has 0 saturated heterocycles. The van der Waals surface area contributed by atoms with Gasteiger partial charge in [0.2, 0.25) is 5.95 Å². The van der Waals surface area contributed by atoms with Crippen molar-refractivity contribution in [2.24, 2.45) is 5.10 Å². The van der Waals surface area contributed by atoms with Crippen LogP contribution in [0.4, 0.5) is 5.95 Å². The van der Waals surface area contributed by atoms with Crippen LogP contribution >= 0.6 is 15.9 Å². The molecule has 0 atom stereocenters. The summed E-state index contributed by atoms with van der Waals surface area (Å²) in [6.45, 7) is 2.40. The molecule has 0 saturated carbocycles. The van der Waals surface area contributed by atoms with Crippen LogP contribution in [-0.2, 0) is 0 Å². The molecular formula is C19H18BrN5O3. The summed E-state index contributed by atoms with van der Waals surface area (Å²) in [6, 6.07) is 12.7. The highest BCUT2D eigenvalue weighted by atomic mass is 79.9. The van der Waals surface area contributed by atoms with Crippen LogP contribution in [0.15, 0.2) is 56.8 Å². The van der Waals surface area contributed by atoms with Gasteiger partial charge in [-0.2, -0.15) is 5.10 Å². The zero-order valence-corrected chi connectivity index (χ0v) is 16.9. The van der Waals surface area contributed by atoms with Crippen LogP contribution in [0.25, 0.3) is 11.3 Å². The summed E-state index contributed by atoms with van der Waals surface area (Å²) in [5.74, 6) is 1.35. The molecule has 1 heterocycles. The van der Waals surface area contributed by atoms with E-state index in [1.165, 1.54) is 0 Å². The van der Waals surface area contributed by atoms with Gasteiger partial charge in [-0.15, -0.1) is 10.2 Å². The van der Waals surface area contributed by atoms with Crippen molar-refractivity contribution in [1.29, 1.82) is 0 Å². The van der Waals surface area contributed by atoms with Gasteiger partial charge < -0.3 is 9.47 Å². The van der Waals surface area contributed by atoms with Gasteiger partial charge >= 0.3 is 0 Å². The van der Waals surface area contributed by atoms with Gasteiger partial charge in [0, 0.05) is 5.56 Å². The molecule has 0 aliphatic heterocycles. The number of nitrogens with one attached hydrogen (secondary N) is 2. The maximum Gasteiger partial charge on any atom is 0.279 e. The second kappa shape index (κ2) is 9.14. The number of ether oxygens (including phenoxy) is 2. The third kappa shape index (κ3) is 4.55. The average Bonchev–Trinajstić information content (AvgIpc) is 2.69. The predicted octanol–water partition coefficient (Wildman–Crippen LogP) is 3.45. The Bertz CT molecular complexity index is 1040. The van der Waals surface area contributed by atoms with Crippen LogP contribution in [-0.4, -0.2) is 35.1 Å². The number of hydrogen-bond donors (Lipinski definition) is 2. The normalized spacial score (nSPS) is 10.8. The molecule has 2 N–H and O–H groups in total. The van der Waals surface area contributed by atoms with Crippen molar-refractivity contribution in [3.63, 3.8) is 0 Å². The second-order valence-electron chi connectivity index (χ2n) is 5.55. The Hall–Kier alpha value is -3.20. The molecule has 8 nitrogen and oxygen atoms in total. The minimum absolute atomic E-state index is 0.138. The average molecular weight is 444 g/mol. The highest BCUT2D eigenvalue weighted by Gasteiger charge is 2.10. The molecular weight excluding hydrogens is 426 g/mol. The summed E-state index contributed by atoms with van der Waals surface area (Å²) in [7, 11) is 1.58. The van der Waals surface area contributed by atoms with Crippen molar-refractivity contribution in [1.82, 2.24) is 15.2 Å². The lowest BCUT2D eigenvalue weighted by molar-refractivity contribution is 0.310. The van der Waals surface area contributed by atoms with Crippen molar-refractivity contribution >= 4 is 28.1 Å². The number of hydrazone groups is 1. The first-order valence-electron chi connectivity index (χ1n) is 8.44. The molecule has 0 bridgehead atoms. The smallest absolute Gasteiger partial charge is 0.279 e. The van der Waals surface area contributed by atoms with E-state index in [1.54, 1.807) is 31.5 Å². The quantitative estimate of drug-likeness (QED) is 0.428. The van der Waals surface area contributed by atoms with Gasteiger partial charge in [0.05, 0.1) is 24.4 Å². The van der Waals surface area contributed by atoms with Gasteiger partial charge in [-0.1, -0.05) is 30.3 Å². The summed E-state index contributed by atoms with van der Waals surface area (Å²) in [4.78, 5) is 14.8. The second-order valence-corrected chi connectivity index (χ2v) is 6.41. The van der Waals surface area contributed by atoms with Crippen molar-refractivity contribution in [3.05, 3.63) is 62.9 Å². The Labute approximate surface area is 169 Å². The van der Waals surface area contributed by atoms with E-state index >= 15 is 0 Å². The number of hydrogen-bond acceptors (Lipinski definition) is 7. The van der Waals surface area contributed by atoms with E-state index in [4.69, 9.17) is 9.47 Å². The van der Waals surface area contributed by atoms with Gasteiger partial charge in [0.1, 0.15) is 0 Å². The monoisotopic (exact) mass is 443 g/mol. The fourth-order valence-electron chi connectivity index (χ4n) is 2.46. The third-order valence-electron chi connectivity index (χ3n) is 3.66. The first kappa shape index (κ1) is 19.6. The molecule has 0 spiro atoms. The maximum absolute atomic E-state index is 12.2. The molecule has 0 aliphatic rings. The lowest BCUT2D eigenvalue weighted by Gasteiger charge is -2.11. The lowest BCUT2D eigenvalue weighted by atomic mass is 10.2. The Balaban J connectivity index is 1.76. The number of methoxy groups -OCH3 is 1. The number of aromatic nitrogens is 3. The molecule has 28 heavy (non-hydrogen) atoms. The molecule has 0 fully saturated rings. The summed E-state index contributed by atoms with van der Waals surface area (Å²) in [5.41, 5.74) is 4.01. The van der Waals surface area contributed by atoms with Crippen molar-refractivity contribution in [2.45, 2.75) is 6.92 Å². The zero-order chi connectivity index (χ0) is 19.9. The zero-order valence-electron chi connectivity index (χ0n) is 15.3. The van der Waals surface area contributed by atoms with Crippen LogP contribution in [0.1, 0.15) is 12.5 Å². The minimum atomic E-state index is -0.357. The summed E-state index contributed by atoms with van der Waals surface area (Å²) in [5, 5.41) is 12.0. The molecule has 3 aromatic rings. The number of halogens is 1. The fraction of sp³-hybridized carbons (Fsp3) is 0.158. The van der Waals surface area contributed by atoms with Crippen LogP contribution in [0.3, 0.4) is 0 Å². The number of nitrogens with zero attached hydrogens (tertiary/aromatic N) is 3. The summed E-state index contributed by atoms with van der Waals surface area (Å²) in [6.07, 6.45) is 1.57. The Morgan fingerprint density at radius 3 is 2.71 bits per heavy atom. The van der Waals surface area contributed by atoms with E-state index in [0.717, 1.165) is 10.0 Å². The van der Waals surface area contributed by atoms with Crippen LogP contribution in [0.2, 0.25) is 0 Å². The Kier molecular flexibility index (Phi) is 6.38. The Morgan fingerprint density at radius 1 is 1.25 bits per heavy atom. The van der Waals surface area contributed by atoms with Crippen molar-refractivity contribution < 1.29 is 9.47 Å². The maximum atomic E-state index is 12.2. The molecule has 9 heteroatoms. The largest absolute Gasteiger partial charge is 0.492 e. The number of benzene rings is 2. The van der Waals surface area contributed by atoms with E-state index in [9.17, 15) is 4.79 Å². The first-order chi connectivity index (χ1) is 13.6. The fourth-order valence-corrected chi connectivity index (χ4v) is 3.09. The molecule has 0 radical (unpaired) electrons. The van der Waals surface area contributed by atoms with Gasteiger partial charge in [-0.25, -0.2) is 5.43 Å². The van der Waals surface area contributed by atoms with Gasteiger partial charge in [-0.3, -0.25) is 9.78 Å². The number of rotatable bonds is 7. The van der Waals surface area contributed by atoms with Crippen LogP contribution < -0.4 is 20.5 Å². The van der Waals surface area contributed by atoms with Gasteiger partial charge in [-0.05, 0) is 40.5 Å². The van der Waals surface area contributed by atoms with E-state index in [1.807, 2.05) is 31.2 Å². The molecule has 0 amide bonds. The van der Waals surface area contributed by atoms with E-state index in [-0.39, 0.29) is 17.2 Å². The van der Waals surface area contributed by atoms with E-state index in [0.29, 0.717) is 23.7 Å². The number of H-pyrrole nitrogens is 1. The molecule has 1 aromatic heterocycles. The highest BCUT2D eigenvalue weighted by Crippen LogP contribution is 2.36. The van der Waals surface area contributed by atoms with Crippen molar-refractivity contribution in [3.8, 4) is 22.8 Å². The number of anilines is 1. The highest BCUT2D eigenvalue weighted by molar-refractivity contribution is 9.10. The summed E-state index contributed by atoms with van der Waals surface area (Å²) >= 11 is 3.45.